The highest BCUT2D eigenvalue weighted by molar-refractivity contribution is 7.47. The molecule has 9 heteroatoms. The molecule has 0 heterocycles. The SMILES string of the molecule is C=C(C)[C@@H]1CCC(C)=C[C@H]1c1c(O)cc(CCCCC)cc1OC(=O)C1(OP(=O)(O)OCc2ccccc2)CC1.N. The maximum Gasteiger partial charge on any atom is 0.473 e. The zero-order valence-electron chi connectivity index (χ0n) is 24.4. The second-order valence-corrected chi connectivity index (χ2v) is 12.6. The standard InChI is InChI=1S/C32H41O7P.H3N/c1-5-6-8-13-25-19-28(33)30(27-18-23(4)14-15-26(27)22(2)3)29(20-25)38-31(34)32(16-17-32)39-40(35,36)37-21-24-11-9-7-10-12-24;/h7,9-12,18-20,26-27,33H,2,5-6,8,13-17,21H2,1,3-4H3,(H,35,36);1H3/t26-,27+;/m0./s1. The molecule has 4 rings (SSSR count). The third-order valence-electron chi connectivity index (χ3n) is 7.77. The van der Waals surface area contributed by atoms with Crippen LogP contribution >= 0.6 is 7.82 Å². The molecule has 0 bridgehead atoms. The summed E-state index contributed by atoms with van der Waals surface area (Å²) in [6.07, 6.45) is 8.19. The largest absolute Gasteiger partial charge is 0.507 e. The highest BCUT2D eigenvalue weighted by Crippen LogP contribution is 2.56. The molecule has 5 N–H and O–H groups in total. The molecule has 1 saturated carbocycles. The summed E-state index contributed by atoms with van der Waals surface area (Å²) in [7, 11) is -4.55. The summed E-state index contributed by atoms with van der Waals surface area (Å²) in [5.41, 5.74) is 2.73. The van der Waals surface area contributed by atoms with E-state index in [0.717, 1.165) is 49.7 Å². The van der Waals surface area contributed by atoms with E-state index in [1.165, 1.54) is 5.57 Å². The molecule has 3 atom stereocenters. The van der Waals surface area contributed by atoms with Gasteiger partial charge in [0, 0.05) is 11.5 Å². The normalized spacial score (nSPS) is 20.7. The number of phenolic OH excluding ortho intramolecular Hbond substituents is 1. The maximum atomic E-state index is 13.5. The number of hydrogen-bond donors (Lipinski definition) is 3. The summed E-state index contributed by atoms with van der Waals surface area (Å²) in [4.78, 5) is 23.9. The van der Waals surface area contributed by atoms with E-state index in [4.69, 9.17) is 13.8 Å². The van der Waals surface area contributed by atoms with Crippen molar-refractivity contribution >= 4 is 13.8 Å². The monoisotopic (exact) mass is 585 g/mol. The number of phosphoric acid groups is 1. The minimum atomic E-state index is -4.55. The first-order chi connectivity index (χ1) is 19.0. The fourth-order valence-electron chi connectivity index (χ4n) is 5.33. The number of phenols is 1. The molecule has 2 aromatic rings. The topological polar surface area (TPSA) is 137 Å². The molecule has 8 nitrogen and oxygen atoms in total. The average Bonchev–Trinajstić information content (AvgIpc) is 3.68. The number of unbranched alkanes of at least 4 members (excludes halogenated alkanes) is 2. The van der Waals surface area contributed by atoms with Gasteiger partial charge < -0.3 is 20.9 Å². The Labute approximate surface area is 243 Å². The minimum absolute atomic E-state index is 0. The van der Waals surface area contributed by atoms with Crippen LogP contribution in [-0.4, -0.2) is 21.6 Å². The first kappa shape index (κ1) is 32.8. The first-order valence-electron chi connectivity index (χ1n) is 14.2. The summed E-state index contributed by atoms with van der Waals surface area (Å²) < 4.78 is 29.3. The van der Waals surface area contributed by atoms with E-state index in [1.807, 2.05) is 19.1 Å². The number of allylic oxidation sites excluding steroid dienone is 3. The molecule has 2 aromatic carbocycles. The zero-order chi connectivity index (χ0) is 28.9. The molecule has 0 saturated heterocycles. The summed E-state index contributed by atoms with van der Waals surface area (Å²) in [6, 6.07) is 12.5. The smallest absolute Gasteiger partial charge is 0.473 e. The first-order valence-corrected chi connectivity index (χ1v) is 15.7. The molecule has 0 spiro atoms. The van der Waals surface area contributed by atoms with Crippen LogP contribution < -0.4 is 10.9 Å². The lowest BCUT2D eigenvalue weighted by Crippen LogP contribution is -2.31. The van der Waals surface area contributed by atoms with Crippen molar-refractivity contribution in [1.29, 1.82) is 0 Å². The van der Waals surface area contributed by atoms with Crippen molar-refractivity contribution in [1.82, 2.24) is 6.15 Å². The van der Waals surface area contributed by atoms with Crippen LogP contribution in [0.1, 0.15) is 88.3 Å². The van der Waals surface area contributed by atoms with Crippen LogP contribution in [0.15, 0.2) is 66.3 Å². The van der Waals surface area contributed by atoms with Crippen molar-refractivity contribution in [3.63, 3.8) is 0 Å². The van der Waals surface area contributed by atoms with Crippen LogP contribution in [0.3, 0.4) is 0 Å². The highest BCUT2D eigenvalue weighted by atomic mass is 31.2. The van der Waals surface area contributed by atoms with Gasteiger partial charge in [0.05, 0.1) is 6.61 Å². The van der Waals surface area contributed by atoms with E-state index in [9.17, 15) is 19.4 Å². The van der Waals surface area contributed by atoms with Gasteiger partial charge in [-0.3, -0.25) is 9.05 Å². The molecule has 2 aliphatic rings. The lowest BCUT2D eigenvalue weighted by Gasteiger charge is -2.32. The summed E-state index contributed by atoms with van der Waals surface area (Å²) in [5, 5.41) is 11.3. The predicted octanol–water partition coefficient (Wildman–Crippen LogP) is 8.07. The highest BCUT2D eigenvalue weighted by Gasteiger charge is 2.58. The number of ether oxygens (including phenoxy) is 1. The van der Waals surface area contributed by atoms with Crippen LogP contribution in [-0.2, 0) is 31.4 Å². The Morgan fingerprint density at radius 2 is 1.85 bits per heavy atom. The maximum absolute atomic E-state index is 13.5. The van der Waals surface area contributed by atoms with Gasteiger partial charge in [-0.1, -0.05) is 73.9 Å². The minimum Gasteiger partial charge on any atom is -0.507 e. The third kappa shape index (κ3) is 8.40. The quantitative estimate of drug-likeness (QED) is 0.0705. The number of hydrogen-bond acceptors (Lipinski definition) is 7. The van der Waals surface area contributed by atoms with Gasteiger partial charge in [-0.2, -0.15) is 0 Å². The van der Waals surface area contributed by atoms with Gasteiger partial charge in [0.15, 0.2) is 5.60 Å². The molecular formula is C32H44NO7P. The Kier molecular flexibility index (Phi) is 11.1. The lowest BCUT2D eigenvalue weighted by atomic mass is 9.73. The molecule has 1 unspecified atom stereocenters. The Hall–Kier alpha value is -2.74. The summed E-state index contributed by atoms with van der Waals surface area (Å²) in [5.74, 6) is -0.573. The molecule has 0 amide bonds. The lowest BCUT2D eigenvalue weighted by molar-refractivity contribution is -0.145. The number of aryl methyl sites for hydroxylation is 1. The number of benzene rings is 2. The van der Waals surface area contributed by atoms with Crippen LogP contribution in [0.2, 0.25) is 0 Å². The molecule has 1 fully saturated rings. The molecule has 0 aliphatic heterocycles. The number of carbonyl (C=O) groups excluding carboxylic acids is 1. The molecule has 0 radical (unpaired) electrons. The fourth-order valence-corrected chi connectivity index (χ4v) is 6.40. The van der Waals surface area contributed by atoms with Crippen molar-refractivity contribution in [2.75, 3.05) is 0 Å². The molecule has 2 aliphatic carbocycles. The van der Waals surface area contributed by atoms with Gasteiger partial charge >= 0.3 is 13.8 Å². The van der Waals surface area contributed by atoms with Crippen molar-refractivity contribution in [2.24, 2.45) is 5.92 Å². The predicted molar refractivity (Wildman–Crippen MR) is 160 cm³/mol. The van der Waals surface area contributed by atoms with Gasteiger partial charge in [0.2, 0.25) is 0 Å². The molecule has 0 aromatic heterocycles. The Balaban J connectivity index is 0.00000462. The van der Waals surface area contributed by atoms with Crippen molar-refractivity contribution in [3.8, 4) is 11.5 Å². The third-order valence-corrected chi connectivity index (χ3v) is 8.80. The Morgan fingerprint density at radius 3 is 2.49 bits per heavy atom. The second kappa shape index (κ2) is 14.0. The van der Waals surface area contributed by atoms with E-state index >= 15 is 0 Å². The van der Waals surface area contributed by atoms with Crippen molar-refractivity contribution < 1.29 is 33.1 Å². The number of rotatable bonds is 13. The van der Waals surface area contributed by atoms with Crippen molar-refractivity contribution in [3.05, 3.63) is 83.0 Å². The van der Waals surface area contributed by atoms with Crippen LogP contribution in [0.25, 0.3) is 0 Å². The molecule has 41 heavy (non-hydrogen) atoms. The van der Waals surface area contributed by atoms with E-state index < -0.39 is 19.4 Å². The van der Waals surface area contributed by atoms with Gasteiger partial charge in [-0.05, 0) is 81.5 Å². The second-order valence-electron chi connectivity index (χ2n) is 11.2. The van der Waals surface area contributed by atoms with E-state index in [-0.39, 0.29) is 48.9 Å². The van der Waals surface area contributed by atoms with Gasteiger partial charge in [0.1, 0.15) is 11.5 Å². The van der Waals surface area contributed by atoms with Gasteiger partial charge in [-0.25, -0.2) is 9.36 Å². The molecular weight excluding hydrogens is 541 g/mol. The van der Waals surface area contributed by atoms with Crippen LogP contribution in [0.4, 0.5) is 0 Å². The van der Waals surface area contributed by atoms with Gasteiger partial charge in [0.25, 0.3) is 0 Å². The number of esters is 1. The molecule has 224 valence electrons. The van der Waals surface area contributed by atoms with Crippen molar-refractivity contribution in [2.45, 2.75) is 90.3 Å². The Morgan fingerprint density at radius 1 is 1.15 bits per heavy atom. The zero-order valence-corrected chi connectivity index (χ0v) is 25.3. The fraction of sp³-hybridized carbons (Fsp3) is 0.469. The van der Waals surface area contributed by atoms with Crippen LogP contribution in [0.5, 0.6) is 11.5 Å². The summed E-state index contributed by atoms with van der Waals surface area (Å²) in [6.45, 7) is 10.2. The average molecular weight is 586 g/mol. The van der Waals surface area contributed by atoms with E-state index in [2.05, 4.69) is 26.5 Å². The Bertz CT molecular complexity index is 1300. The van der Waals surface area contributed by atoms with Gasteiger partial charge in [-0.15, -0.1) is 0 Å². The number of carbonyl (C=O) groups is 1. The van der Waals surface area contributed by atoms with Crippen LogP contribution in [0, 0.1) is 5.92 Å². The van der Waals surface area contributed by atoms with E-state index in [0.29, 0.717) is 11.1 Å². The van der Waals surface area contributed by atoms with E-state index in [1.54, 1.807) is 30.3 Å². The summed E-state index contributed by atoms with van der Waals surface area (Å²) >= 11 is 0. The number of phosphoric ester groups is 1. The number of aromatic hydroxyl groups is 1.